The van der Waals surface area contributed by atoms with Gasteiger partial charge in [0.1, 0.15) is 6.04 Å². The molecule has 0 aromatic heterocycles. The molecule has 1 aromatic carbocycles. The van der Waals surface area contributed by atoms with Gasteiger partial charge in [0.25, 0.3) is 0 Å². The Morgan fingerprint density at radius 3 is 2.31 bits per heavy atom. The summed E-state index contributed by atoms with van der Waals surface area (Å²) in [5, 5.41) is 8.96. The van der Waals surface area contributed by atoms with E-state index in [0.29, 0.717) is 5.92 Å². The first kappa shape index (κ1) is 12.7. The number of rotatable bonds is 3. The van der Waals surface area contributed by atoms with E-state index in [4.69, 9.17) is 10.8 Å². The van der Waals surface area contributed by atoms with Crippen LogP contribution in [0.3, 0.4) is 0 Å². The summed E-state index contributed by atoms with van der Waals surface area (Å²) in [7, 11) is 0. The number of nitrogens with two attached hydrogens (primary N) is 1. The predicted molar refractivity (Wildman–Crippen MR) is 64.6 cm³/mol. The predicted octanol–water partition coefficient (Wildman–Crippen LogP) is 2.51. The average molecular weight is 221 g/mol. The molecule has 16 heavy (non-hydrogen) atoms. The van der Waals surface area contributed by atoms with Crippen LogP contribution < -0.4 is 5.73 Å². The monoisotopic (exact) mass is 221 g/mol. The molecule has 0 aliphatic heterocycles. The lowest BCUT2D eigenvalue weighted by Crippen LogP contribution is -2.22. The first-order chi connectivity index (χ1) is 7.34. The van der Waals surface area contributed by atoms with Crippen LogP contribution in [0.2, 0.25) is 0 Å². The zero-order valence-electron chi connectivity index (χ0n) is 10.2. The lowest BCUT2D eigenvalue weighted by molar-refractivity contribution is -0.138. The highest BCUT2D eigenvalue weighted by Gasteiger charge is 2.18. The summed E-state index contributed by atoms with van der Waals surface area (Å²) in [6.45, 7) is 8.07. The van der Waals surface area contributed by atoms with Gasteiger partial charge in [-0.15, -0.1) is 0 Å². The smallest absolute Gasteiger partial charge is 0.325 e. The summed E-state index contributed by atoms with van der Waals surface area (Å²) in [5.74, 6) is -0.609. The van der Waals surface area contributed by atoms with E-state index in [1.807, 2.05) is 19.9 Å². The maximum absolute atomic E-state index is 10.9. The van der Waals surface area contributed by atoms with E-state index in [9.17, 15) is 4.79 Å². The molecule has 1 atom stereocenters. The molecule has 3 nitrogen and oxygen atoms in total. The van der Waals surface area contributed by atoms with Crippen LogP contribution in [0, 0.1) is 13.8 Å². The zero-order valence-corrected chi connectivity index (χ0v) is 10.2. The third-order valence-corrected chi connectivity index (χ3v) is 3.00. The van der Waals surface area contributed by atoms with Gasteiger partial charge in [0.2, 0.25) is 0 Å². The van der Waals surface area contributed by atoms with Crippen molar-refractivity contribution in [3.05, 3.63) is 34.4 Å². The highest BCUT2D eigenvalue weighted by molar-refractivity contribution is 5.76. The van der Waals surface area contributed by atoms with E-state index in [2.05, 4.69) is 19.9 Å². The highest BCUT2D eigenvalue weighted by atomic mass is 16.4. The van der Waals surface area contributed by atoms with Crippen LogP contribution in [0.1, 0.15) is 48.1 Å². The van der Waals surface area contributed by atoms with Gasteiger partial charge >= 0.3 is 5.97 Å². The Labute approximate surface area is 96.3 Å². The standard InChI is InChI=1S/C13H19NO2/c1-7(2)10-5-8(3)9(4)11(6-10)12(14)13(15)16/h5-7,12H,14H2,1-4H3,(H,15,16). The Kier molecular flexibility index (Phi) is 3.70. The van der Waals surface area contributed by atoms with Crippen LogP contribution in [0.4, 0.5) is 0 Å². The molecule has 0 aliphatic rings. The third-order valence-electron chi connectivity index (χ3n) is 3.00. The fourth-order valence-corrected chi connectivity index (χ4v) is 1.70. The fraction of sp³-hybridized carbons (Fsp3) is 0.462. The highest BCUT2D eigenvalue weighted by Crippen LogP contribution is 2.25. The summed E-state index contributed by atoms with van der Waals surface area (Å²) in [6, 6.07) is 3.07. The van der Waals surface area contributed by atoms with E-state index in [0.717, 1.165) is 22.3 Å². The van der Waals surface area contributed by atoms with Crippen molar-refractivity contribution in [1.82, 2.24) is 0 Å². The van der Waals surface area contributed by atoms with Gasteiger partial charge in [-0.2, -0.15) is 0 Å². The molecule has 3 heteroatoms. The van der Waals surface area contributed by atoms with Crippen molar-refractivity contribution in [3.8, 4) is 0 Å². The molecule has 0 saturated carbocycles. The van der Waals surface area contributed by atoms with Crippen LogP contribution >= 0.6 is 0 Å². The maximum Gasteiger partial charge on any atom is 0.325 e. The summed E-state index contributed by atoms with van der Waals surface area (Å²) in [5.41, 5.74) is 9.60. The molecule has 0 radical (unpaired) electrons. The van der Waals surface area contributed by atoms with Crippen LogP contribution in [-0.2, 0) is 4.79 Å². The largest absolute Gasteiger partial charge is 0.480 e. The van der Waals surface area contributed by atoms with Crippen molar-refractivity contribution in [2.24, 2.45) is 5.73 Å². The zero-order chi connectivity index (χ0) is 12.5. The molecule has 1 unspecified atom stereocenters. The van der Waals surface area contributed by atoms with Gasteiger partial charge in [-0.1, -0.05) is 26.0 Å². The summed E-state index contributed by atoms with van der Waals surface area (Å²) >= 11 is 0. The molecule has 0 aliphatic carbocycles. The lowest BCUT2D eigenvalue weighted by atomic mass is 9.91. The Balaban J connectivity index is 3.32. The number of carbonyl (C=O) groups is 1. The Morgan fingerprint density at radius 1 is 1.31 bits per heavy atom. The number of hydrogen-bond donors (Lipinski definition) is 2. The molecule has 1 aromatic rings. The normalized spacial score (nSPS) is 12.9. The fourth-order valence-electron chi connectivity index (χ4n) is 1.70. The van der Waals surface area contributed by atoms with E-state index in [1.165, 1.54) is 0 Å². The van der Waals surface area contributed by atoms with Crippen LogP contribution in [-0.4, -0.2) is 11.1 Å². The molecule has 3 N–H and O–H groups in total. The van der Waals surface area contributed by atoms with Crippen molar-refractivity contribution in [3.63, 3.8) is 0 Å². The second-order valence-corrected chi connectivity index (χ2v) is 4.52. The number of aliphatic carboxylic acids is 1. The molecule has 0 spiro atoms. The molecule has 0 saturated heterocycles. The van der Waals surface area contributed by atoms with Crippen molar-refractivity contribution < 1.29 is 9.90 Å². The van der Waals surface area contributed by atoms with Gasteiger partial charge in [0.15, 0.2) is 0 Å². The molecule has 1 rings (SSSR count). The van der Waals surface area contributed by atoms with Gasteiger partial charge < -0.3 is 10.8 Å². The Morgan fingerprint density at radius 2 is 1.88 bits per heavy atom. The summed E-state index contributed by atoms with van der Waals surface area (Å²) in [6.07, 6.45) is 0. The number of aryl methyl sites for hydroxylation is 1. The third kappa shape index (κ3) is 2.42. The Bertz CT molecular complexity index is 411. The van der Waals surface area contributed by atoms with Crippen molar-refractivity contribution in [2.45, 2.75) is 39.7 Å². The Hall–Kier alpha value is -1.35. The first-order valence-corrected chi connectivity index (χ1v) is 5.44. The van der Waals surface area contributed by atoms with E-state index < -0.39 is 12.0 Å². The molecule has 0 bridgehead atoms. The molecular weight excluding hydrogens is 202 g/mol. The minimum Gasteiger partial charge on any atom is -0.480 e. The van der Waals surface area contributed by atoms with E-state index in [1.54, 1.807) is 0 Å². The van der Waals surface area contributed by atoms with Gasteiger partial charge in [-0.05, 0) is 42.0 Å². The molecule has 0 amide bonds. The van der Waals surface area contributed by atoms with Crippen LogP contribution in [0.25, 0.3) is 0 Å². The second kappa shape index (κ2) is 4.66. The van der Waals surface area contributed by atoms with Gasteiger partial charge in [0.05, 0.1) is 0 Å². The van der Waals surface area contributed by atoms with Crippen molar-refractivity contribution in [1.29, 1.82) is 0 Å². The topological polar surface area (TPSA) is 63.3 Å². The number of benzene rings is 1. The summed E-state index contributed by atoms with van der Waals surface area (Å²) in [4.78, 5) is 10.9. The summed E-state index contributed by atoms with van der Waals surface area (Å²) < 4.78 is 0. The minimum absolute atomic E-state index is 0.374. The molecule has 0 fully saturated rings. The average Bonchev–Trinajstić information content (AvgIpc) is 2.20. The molecule has 88 valence electrons. The van der Waals surface area contributed by atoms with Gasteiger partial charge in [-0.25, -0.2) is 0 Å². The number of carboxylic acid groups (broad SMARTS) is 1. The van der Waals surface area contributed by atoms with Crippen molar-refractivity contribution in [2.75, 3.05) is 0 Å². The molecule has 0 heterocycles. The number of hydrogen-bond acceptors (Lipinski definition) is 2. The van der Waals surface area contributed by atoms with Gasteiger partial charge in [-0.3, -0.25) is 4.79 Å². The quantitative estimate of drug-likeness (QED) is 0.824. The van der Waals surface area contributed by atoms with Crippen LogP contribution in [0.15, 0.2) is 12.1 Å². The maximum atomic E-state index is 10.9. The van der Waals surface area contributed by atoms with Gasteiger partial charge in [0, 0.05) is 0 Å². The van der Waals surface area contributed by atoms with E-state index >= 15 is 0 Å². The van der Waals surface area contributed by atoms with E-state index in [-0.39, 0.29) is 0 Å². The number of carboxylic acids is 1. The first-order valence-electron chi connectivity index (χ1n) is 5.44. The molecular formula is C13H19NO2. The lowest BCUT2D eigenvalue weighted by Gasteiger charge is -2.16. The second-order valence-electron chi connectivity index (χ2n) is 4.52. The minimum atomic E-state index is -0.983. The van der Waals surface area contributed by atoms with Crippen LogP contribution in [0.5, 0.6) is 0 Å². The van der Waals surface area contributed by atoms with Crippen molar-refractivity contribution >= 4 is 5.97 Å². The SMILES string of the molecule is Cc1cc(C(C)C)cc(C(N)C(=O)O)c1C.